The van der Waals surface area contributed by atoms with Crippen LogP contribution in [0.3, 0.4) is 0 Å². The summed E-state index contributed by atoms with van der Waals surface area (Å²) in [5, 5.41) is 0. The number of aryl methyl sites for hydroxylation is 1. The van der Waals surface area contributed by atoms with Gasteiger partial charge in [0.1, 0.15) is 11.6 Å². The Labute approximate surface area is 132 Å². The van der Waals surface area contributed by atoms with Gasteiger partial charge in [0.2, 0.25) is 0 Å². The summed E-state index contributed by atoms with van der Waals surface area (Å²) in [7, 11) is 1.69. The van der Waals surface area contributed by atoms with Crippen molar-refractivity contribution >= 4 is 22.6 Å². The summed E-state index contributed by atoms with van der Waals surface area (Å²) in [5.41, 5.74) is 2.33. The molecular weight excluding hydrogens is 284 g/mol. The van der Waals surface area contributed by atoms with E-state index in [0.717, 1.165) is 35.6 Å². The summed E-state index contributed by atoms with van der Waals surface area (Å²) < 4.78 is 7.66. The van der Waals surface area contributed by atoms with E-state index in [4.69, 9.17) is 21.3 Å². The number of benzene rings is 1. The minimum absolute atomic E-state index is 0.192. The summed E-state index contributed by atoms with van der Waals surface area (Å²) in [6, 6.07) is 6.04. The van der Waals surface area contributed by atoms with E-state index < -0.39 is 0 Å². The first-order chi connectivity index (χ1) is 9.89. The Balaban J connectivity index is 2.53. The molecule has 3 nitrogen and oxygen atoms in total. The molecule has 0 unspecified atom stereocenters. The van der Waals surface area contributed by atoms with Crippen LogP contribution in [0.25, 0.3) is 11.0 Å². The van der Waals surface area contributed by atoms with Crippen molar-refractivity contribution in [2.75, 3.05) is 13.0 Å². The average Bonchev–Trinajstić information content (AvgIpc) is 2.76. The number of ether oxygens (including phenoxy) is 1. The quantitative estimate of drug-likeness (QED) is 0.734. The van der Waals surface area contributed by atoms with Crippen LogP contribution < -0.4 is 4.74 Å². The van der Waals surface area contributed by atoms with Crippen molar-refractivity contribution in [3.63, 3.8) is 0 Å². The van der Waals surface area contributed by atoms with E-state index in [2.05, 4.69) is 38.3 Å². The zero-order valence-electron chi connectivity index (χ0n) is 13.6. The van der Waals surface area contributed by atoms with Crippen molar-refractivity contribution in [3.8, 4) is 5.75 Å². The number of alkyl halides is 1. The molecule has 1 aromatic heterocycles. The van der Waals surface area contributed by atoms with Crippen LogP contribution in [0.4, 0.5) is 0 Å². The fourth-order valence-electron chi connectivity index (χ4n) is 2.32. The van der Waals surface area contributed by atoms with Crippen LogP contribution in [-0.4, -0.2) is 22.5 Å². The molecule has 21 heavy (non-hydrogen) atoms. The van der Waals surface area contributed by atoms with Crippen molar-refractivity contribution in [1.29, 1.82) is 0 Å². The molecule has 2 aromatic rings. The topological polar surface area (TPSA) is 27.1 Å². The zero-order valence-corrected chi connectivity index (χ0v) is 14.4. The third kappa shape index (κ3) is 3.34. The molecule has 4 heteroatoms. The predicted molar refractivity (Wildman–Crippen MR) is 89.3 cm³/mol. The lowest BCUT2D eigenvalue weighted by Gasteiger charge is -2.30. The molecule has 0 saturated carbocycles. The standard InChI is InChI=1S/C17H25ClN2O/c1-12(2)17(3,4)11-20-15-10-13(21-5)6-7-14(15)19-16(20)8-9-18/h6-7,10,12H,8-9,11H2,1-5H3. The molecule has 0 spiro atoms. The SMILES string of the molecule is COc1ccc2nc(CCCl)n(CC(C)(C)C(C)C)c2c1. The molecule has 0 fully saturated rings. The van der Waals surface area contributed by atoms with Crippen LogP contribution in [0.5, 0.6) is 5.75 Å². The molecule has 0 aliphatic rings. The molecule has 0 atom stereocenters. The Morgan fingerprint density at radius 2 is 2.05 bits per heavy atom. The molecule has 1 aromatic carbocycles. The van der Waals surface area contributed by atoms with Gasteiger partial charge in [0.05, 0.1) is 18.1 Å². The smallest absolute Gasteiger partial charge is 0.121 e. The minimum atomic E-state index is 0.192. The number of imidazole rings is 1. The number of rotatable bonds is 6. The van der Waals surface area contributed by atoms with Gasteiger partial charge in [-0.2, -0.15) is 0 Å². The molecule has 0 amide bonds. The Hall–Kier alpha value is -1.22. The molecule has 0 radical (unpaired) electrons. The van der Waals surface area contributed by atoms with Gasteiger partial charge in [0, 0.05) is 24.9 Å². The molecule has 116 valence electrons. The zero-order chi connectivity index (χ0) is 15.6. The monoisotopic (exact) mass is 308 g/mol. The van der Waals surface area contributed by atoms with E-state index >= 15 is 0 Å². The Morgan fingerprint density at radius 3 is 2.62 bits per heavy atom. The number of aromatic nitrogens is 2. The molecule has 0 aliphatic carbocycles. The van der Waals surface area contributed by atoms with Crippen LogP contribution in [0.1, 0.15) is 33.5 Å². The van der Waals surface area contributed by atoms with Gasteiger partial charge in [0.15, 0.2) is 0 Å². The minimum Gasteiger partial charge on any atom is -0.497 e. The Morgan fingerprint density at radius 1 is 1.33 bits per heavy atom. The second-order valence-corrected chi connectivity index (χ2v) is 6.93. The van der Waals surface area contributed by atoms with Crippen molar-refractivity contribution in [2.45, 2.75) is 40.7 Å². The van der Waals surface area contributed by atoms with Gasteiger partial charge in [-0.3, -0.25) is 0 Å². The van der Waals surface area contributed by atoms with Crippen molar-refractivity contribution in [2.24, 2.45) is 11.3 Å². The van der Waals surface area contributed by atoms with Gasteiger partial charge in [-0.1, -0.05) is 27.7 Å². The molecule has 1 heterocycles. The number of hydrogen-bond acceptors (Lipinski definition) is 2. The third-order valence-electron chi connectivity index (χ3n) is 4.48. The molecular formula is C17H25ClN2O. The van der Waals surface area contributed by atoms with Gasteiger partial charge in [0.25, 0.3) is 0 Å². The highest BCUT2D eigenvalue weighted by Crippen LogP contribution is 2.31. The van der Waals surface area contributed by atoms with Crippen molar-refractivity contribution in [1.82, 2.24) is 9.55 Å². The van der Waals surface area contributed by atoms with Gasteiger partial charge in [-0.15, -0.1) is 11.6 Å². The van der Waals surface area contributed by atoms with Crippen molar-refractivity contribution in [3.05, 3.63) is 24.0 Å². The molecule has 0 bridgehead atoms. The van der Waals surface area contributed by atoms with Crippen LogP contribution in [-0.2, 0) is 13.0 Å². The lowest BCUT2D eigenvalue weighted by molar-refractivity contribution is 0.210. The first-order valence-corrected chi connectivity index (χ1v) is 8.01. The van der Waals surface area contributed by atoms with Crippen LogP contribution in [0.2, 0.25) is 0 Å². The summed E-state index contributed by atoms with van der Waals surface area (Å²) in [4.78, 5) is 4.74. The summed E-state index contributed by atoms with van der Waals surface area (Å²) in [6.45, 7) is 10.1. The maximum atomic E-state index is 5.95. The lowest BCUT2D eigenvalue weighted by atomic mass is 9.81. The first kappa shape index (κ1) is 16.2. The third-order valence-corrected chi connectivity index (χ3v) is 4.67. The molecule has 0 saturated heterocycles. The number of fused-ring (bicyclic) bond motifs is 1. The summed E-state index contributed by atoms with van der Waals surface area (Å²) in [6.07, 6.45) is 0.784. The van der Waals surface area contributed by atoms with Gasteiger partial charge >= 0.3 is 0 Å². The second-order valence-electron chi connectivity index (χ2n) is 6.55. The fraction of sp³-hybridized carbons (Fsp3) is 0.588. The number of methoxy groups -OCH3 is 1. The number of hydrogen-bond donors (Lipinski definition) is 0. The van der Waals surface area contributed by atoms with Crippen LogP contribution >= 0.6 is 11.6 Å². The van der Waals surface area contributed by atoms with E-state index in [9.17, 15) is 0 Å². The first-order valence-electron chi connectivity index (χ1n) is 7.48. The molecule has 0 aliphatic heterocycles. The fourth-order valence-corrected chi connectivity index (χ4v) is 2.49. The lowest BCUT2D eigenvalue weighted by Crippen LogP contribution is -2.26. The van der Waals surface area contributed by atoms with E-state index in [0.29, 0.717) is 11.8 Å². The second kappa shape index (κ2) is 6.27. The van der Waals surface area contributed by atoms with Crippen LogP contribution in [0.15, 0.2) is 18.2 Å². The van der Waals surface area contributed by atoms with E-state index in [-0.39, 0.29) is 5.41 Å². The summed E-state index contributed by atoms with van der Waals surface area (Å²) in [5.74, 6) is 3.09. The van der Waals surface area contributed by atoms with Crippen molar-refractivity contribution < 1.29 is 4.74 Å². The van der Waals surface area contributed by atoms with Crippen LogP contribution in [0, 0.1) is 11.3 Å². The predicted octanol–water partition coefficient (Wildman–Crippen LogP) is 4.51. The number of halogens is 1. The highest BCUT2D eigenvalue weighted by molar-refractivity contribution is 6.17. The van der Waals surface area contributed by atoms with E-state index in [1.807, 2.05) is 12.1 Å². The highest BCUT2D eigenvalue weighted by atomic mass is 35.5. The summed E-state index contributed by atoms with van der Waals surface area (Å²) >= 11 is 5.95. The van der Waals surface area contributed by atoms with Gasteiger partial charge < -0.3 is 9.30 Å². The maximum absolute atomic E-state index is 5.95. The molecule has 0 N–H and O–H groups in total. The van der Waals surface area contributed by atoms with E-state index in [1.165, 1.54) is 0 Å². The number of nitrogens with zero attached hydrogens (tertiary/aromatic N) is 2. The average molecular weight is 309 g/mol. The van der Waals surface area contributed by atoms with Gasteiger partial charge in [-0.25, -0.2) is 4.98 Å². The normalized spacial score (nSPS) is 12.3. The van der Waals surface area contributed by atoms with E-state index in [1.54, 1.807) is 7.11 Å². The maximum Gasteiger partial charge on any atom is 0.121 e. The largest absolute Gasteiger partial charge is 0.497 e. The Kier molecular flexibility index (Phi) is 4.82. The highest BCUT2D eigenvalue weighted by Gasteiger charge is 2.25. The van der Waals surface area contributed by atoms with Gasteiger partial charge in [-0.05, 0) is 23.5 Å². The molecule has 2 rings (SSSR count). The Bertz CT molecular complexity index is 617.